The lowest BCUT2D eigenvalue weighted by atomic mass is 10.0. The number of hydrogen-bond acceptors (Lipinski definition) is 4. The number of ether oxygens (including phenoxy) is 2. The number of nitrogens with zero attached hydrogens (tertiary/aromatic N) is 1. The van der Waals surface area contributed by atoms with Crippen LogP contribution in [0.4, 0.5) is 0 Å². The molecule has 0 spiro atoms. The number of hydrogen-bond donors (Lipinski definition) is 2. The van der Waals surface area contributed by atoms with Crippen molar-refractivity contribution in [2.24, 2.45) is 0 Å². The molecule has 2 aromatic rings. The Morgan fingerprint density at radius 3 is 2.91 bits per heavy atom. The van der Waals surface area contributed by atoms with E-state index in [4.69, 9.17) is 9.47 Å². The Morgan fingerprint density at radius 1 is 1.26 bits per heavy atom. The Labute approximate surface area is 144 Å². The van der Waals surface area contributed by atoms with Gasteiger partial charge in [-0.25, -0.2) is 0 Å². The van der Waals surface area contributed by atoms with E-state index in [0.29, 0.717) is 13.2 Å². The van der Waals surface area contributed by atoms with Crippen LogP contribution in [0.1, 0.15) is 31.5 Å². The summed E-state index contributed by atoms with van der Waals surface area (Å²) in [5.74, 6) is 1.52. The van der Waals surface area contributed by atoms with Gasteiger partial charge in [0.2, 0.25) is 0 Å². The van der Waals surface area contributed by atoms with Crippen LogP contribution in [0.5, 0.6) is 11.5 Å². The molecule has 0 bridgehead atoms. The van der Waals surface area contributed by atoms with Gasteiger partial charge in [-0.3, -0.25) is 5.10 Å². The maximum atomic E-state index is 5.84. The predicted molar refractivity (Wildman–Crippen MR) is 94.1 cm³/mol. The van der Waals surface area contributed by atoms with Gasteiger partial charge < -0.3 is 14.8 Å². The Bertz CT molecular complexity index is 685. The fraction of sp³-hybridized carbons (Fsp3) is 0.471. The summed E-state index contributed by atoms with van der Waals surface area (Å²) in [6, 6.07) is 4.07. The van der Waals surface area contributed by atoms with Crippen molar-refractivity contribution < 1.29 is 9.47 Å². The number of nitrogens with one attached hydrogen (secondary N) is 2. The molecule has 2 heterocycles. The highest BCUT2D eigenvalue weighted by atomic mass is 79.9. The third-order valence-electron chi connectivity index (χ3n) is 3.84. The fourth-order valence-electron chi connectivity index (χ4n) is 2.78. The zero-order valence-corrected chi connectivity index (χ0v) is 15.1. The molecule has 1 aromatic carbocycles. The summed E-state index contributed by atoms with van der Waals surface area (Å²) in [6.07, 6.45) is 1.94. The number of benzene rings is 1. The number of aromatic nitrogens is 2. The zero-order chi connectivity index (χ0) is 16.2. The molecule has 0 atom stereocenters. The van der Waals surface area contributed by atoms with Crippen molar-refractivity contribution in [2.45, 2.75) is 33.2 Å². The summed E-state index contributed by atoms with van der Waals surface area (Å²) < 4.78 is 12.5. The van der Waals surface area contributed by atoms with Crippen molar-refractivity contribution in [1.29, 1.82) is 0 Å². The molecule has 3 rings (SSSR count). The van der Waals surface area contributed by atoms with E-state index in [9.17, 15) is 0 Å². The average Bonchev–Trinajstić information content (AvgIpc) is 2.98. The van der Waals surface area contributed by atoms with Gasteiger partial charge in [0.1, 0.15) is 0 Å². The smallest absolute Gasteiger partial charge is 0.175 e. The number of halogens is 1. The molecule has 0 saturated heterocycles. The lowest BCUT2D eigenvalue weighted by Crippen LogP contribution is -2.23. The lowest BCUT2D eigenvalue weighted by molar-refractivity contribution is 0.275. The average molecular weight is 380 g/mol. The van der Waals surface area contributed by atoms with Crippen molar-refractivity contribution >= 4 is 15.9 Å². The maximum Gasteiger partial charge on any atom is 0.175 e. The SMILES string of the molecule is CCCOc1c(Br)cc(-c2n[nH]c3c2CNCC3)cc1OCC. The quantitative estimate of drug-likeness (QED) is 0.803. The first-order valence-electron chi connectivity index (χ1n) is 8.10. The monoisotopic (exact) mass is 379 g/mol. The lowest BCUT2D eigenvalue weighted by Gasteiger charge is -2.16. The molecule has 0 amide bonds. The summed E-state index contributed by atoms with van der Waals surface area (Å²) in [7, 11) is 0. The van der Waals surface area contributed by atoms with Gasteiger partial charge >= 0.3 is 0 Å². The predicted octanol–water partition coefficient (Wildman–Crippen LogP) is 3.67. The van der Waals surface area contributed by atoms with E-state index in [-0.39, 0.29) is 0 Å². The van der Waals surface area contributed by atoms with Gasteiger partial charge in [-0.05, 0) is 41.4 Å². The van der Waals surface area contributed by atoms with Gasteiger partial charge in [-0.2, -0.15) is 5.10 Å². The Hall–Kier alpha value is -1.53. The Morgan fingerprint density at radius 2 is 2.13 bits per heavy atom. The van der Waals surface area contributed by atoms with Crippen molar-refractivity contribution in [3.8, 4) is 22.8 Å². The third-order valence-corrected chi connectivity index (χ3v) is 4.43. The second-order valence-corrected chi connectivity index (χ2v) is 6.38. The van der Waals surface area contributed by atoms with Crippen LogP contribution in [-0.4, -0.2) is 30.0 Å². The summed E-state index contributed by atoms with van der Waals surface area (Å²) in [5.41, 5.74) is 4.48. The largest absolute Gasteiger partial charge is 0.490 e. The van der Waals surface area contributed by atoms with E-state index >= 15 is 0 Å². The highest BCUT2D eigenvalue weighted by molar-refractivity contribution is 9.10. The molecule has 0 radical (unpaired) electrons. The second kappa shape index (κ2) is 7.36. The molecular weight excluding hydrogens is 358 g/mol. The molecule has 0 saturated carbocycles. The van der Waals surface area contributed by atoms with Crippen molar-refractivity contribution in [2.75, 3.05) is 19.8 Å². The summed E-state index contributed by atoms with van der Waals surface area (Å²) in [6.45, 7) is 7.16. The number of aromatic amines is 1. The number of fused-ring (bicyclic) bond motifs is 1. The molecule has 5 nitrogen and oxygen atoms in total. The van der Waals surface area contributed by atoms with E-state index in [0.717, 1.165) is 53.2 Å². The van der Waals surface area contributed by atoms with Crippen LogP contribution < -0.4 is 14.8 Å². The normalized spacial score (nSPS) is 13.7. The molecule has 2 N–H and O–H groups in total. The molecule has 23 heavy (non-hydrogen) atoms. The molecular formula is C17H22BrN3O2. The van der Waals surface area contributed by atoms with Crippen molar-refractivity contribution in [3.05, 3.63) is 27.9 Å². The zero-order valence-electron chi connectivity index (χ0n) is 13.5. The van der Waals surface area contributed by atoms with E-state index in [1.165, 1.54) is 11.3 Å². The highest BCUT2D eigenvalue weighted by Gasteiger charge is 2.20. The van der Waals surface area contributed by atoms with Gasteiger partial charge in [0.15, 0.2) is 11.5 Å². The molecule has 124 valence electrons. The molecule has 1 aliphatic rings. The van der Waals surface area contributed by atoms with Crippen molar-refractivity contribution in [1.82, 2.24) is 15.5 Å². The first-order valence-corrected chi connectivity index (χ1v) is 8.90. The van der Waals surface area contributed by atoms with E-state index in [2.05, 4.69) is 44.4 Å². The van der Waals surface area contributed by atoms with Crippen LogP contribution >= 0.6 is 15.9 Å². The maximum absolute atomic E-state index is 5.84. The number of rotatable bonds is 6. The third kappa shape index (κ3) is 3.38. The molecule has 1 aromatic heterocycles. The van der Waals surface area contributed by atoms with Gasteiger partial charge in [0.05, 0.1) is 23.4 Å². The molecule has 0 fully saturated rings. The van der Waals surface area contributed by atoms with Crippen LogP contribution in [-0.2, 0) is 13.0 Å². The van der Waals surface area contributed by atoms with Crippen LogP contribution in [0.15, 0.2) is 16.6 Å². The number of H-pyrrole nitrogens is 1. The van der Waals surface area contributed by atoms with E-state index < -0.39 is 0 Å². The first kappa shape index (κ1) is 16.3. The van der Waals surface area contributed by atoms with Crippen LogP contribution in [0.25, 0.3) is 11.3 Å². The van der Waals surface area contributed by atoms with E-state index in [1.807, 2.05) is 13.0 Å². The molecule has 6 heteroatoms. The highest BCUT2D eigenvalue weighted by Crippen LogP contribution is 2.40. The van der Waals surface area contributed by atoms with Crippen LogP contribution in [0.3, 0.4) is 0 Å². The van der Waals surface area contributed by atoms with Gasteiger partial charge in [-0.15, -0.1) is 0 Å². The second-order valence-electron chi connectivity index (χ2n) is 5.52. The Kier molecular flexibility index (Phi) is 5.23. The summed E-state index contributed by atoms with van der Waals surface area (Å²) >= 11 is 3.62. The molecule has 0 aliphatic carbocycles. The van der Waals surface area contributed by atoms with Gasteiger partial charge in [0.25, 0.3) is 0 Å². The Balaban J connectivity index is 2.01. The van der Waals surface area contributed by atoms with Gasteiger partial charge in [-0.1, -0.05) is 6.92 Å². The standard InChI is InChI=1S/C17H22BrN3O2/c1-3-7-23-17-13(18)8-11(9-15(17)22-4-2)16-12-10-19-6-5-14(12)20-21-16/h8-9,19H,3-7,10H2,1-2H3,(H,20,21). The minimum atomic E-state index is 0.596. The molecule has 0 unspecified atom stereocenters. The topological polar surface area (TPSA) is 59.2 Å². The van der Waals surface area contributed by atoms with Gasteiger partial charge in [0, 0.05) is 36.3 Å². The van der Waals surface area contributed by atoms with E-state index in [1.54, 1.807) is 0 Å². The summed E-state index contributed by atoms with van der Waals surface area (Å²) in [4.78, 5) is 0. The molecule has 1 aliphatic heterocycles. The minimum absolute atomic E-state index is 0.596. The summed E-state index contributed by atoms with van der Waals surface area (Å²) in [5, 5.41) is 11.1. The first-order chi connectivity index (χ1) is 11.2. The fourth-order valence-corrected chi connectivity index (χ4v) is 3.33. The van der Waals surface area contributed by atoms with Crippen molar-refractivity contribution in [3.63, 3.8) is 0 Å². The minimum Gasteiger partial charge on any atom is -0.490 e. The van der Waals surface area contributed by atoms with Crippen LogP contribution in [0, 0.1) is 0 Å². The van der Waals surface area contributed by atoms with Crippen LogP contribution in [0.2, 0.25) is 0 Å².